The second-order valence-corrected chi connectivity index (χ2v) is 8.23. The van der Waals surface area contributed by atoms with Gasteiger partial charge >= 0.3 is 6.18 Å². The summed E-state index contributed by atoms with van der Waals surface area (Å²) in [7, 11) is 1.79. The summed E-state index contributed by atoms with van der Waals surface area (Å²) in [5.74, 6) is 0. The van der Waals surface area contributed by atoms with Gasteiger partial charge in [0, 0.05) is 23.5 Å². The van der Waals surface area contributed by atoms with Gasteiger partial charge in [0.2, 0.25) is 5.13 Å². The quantitative estimate of drug-likeness (QED) is 0.385. The molecule has 2 heterocycles. The van der Waals surface area contributed by atoms with Crippen LogP contribution in [0.1, 0.15) is 16.8 Å². The van der Waals surface area contributed by atoms with E-state index in [1.165, 1.54) is 23.5 Å². The molecule has 4 rings (SSSR count). The molecule has 0 spiro atoms. The van der Waals surface area contributed by atoms with Crippen LogP contribution in [0.3, 0.4) is 0 Å². The first-order valence-corrected chi connectivity index (χ1v) is 10.5. The van der Waals surface area contributed by atoms with Crippen molar-refractivity contribution in [2.75, 3.05) is 18.9 Å². The average molecular weight is 447 g/mol. The molecule has 0 fully saturated rings. The number of aryl methyl sites for hydroxylation is 1. The summed E-state index contributed by atoms with van der Waals surface area (Å²) in [6.45, 7) is 2.44. The minimum Gasteiger partial charge on any atom is -0.358 e. The largest absolute Gasteiger partial charge is 0.416 e. The van der Waals surface area contributed by atoms with Crippen molar-refractivity contribution in [3.8, 4) is 10.6 Å². The number of aromatic nitrogens is 4. The van der Waals surface area contributed by atoms with E-state index in [0.717, 1.165) is 33.2 Å². The van der Waals surface area contributed by atoms with E-state index in [9.17, 15) is 13.2 Å². The third-order valence-corrected chi connectivity index (χ3v) is 6.00. The lowest BCUT2D eigenvalue weighted by atomic mass is 10.0. The molecule has 2 aromatic heterocycles. The molecule has 0 aliphatic rings. The number of nitrogens with one attached hydrogen (secondary N) is 3. The number of fused-ring (bicyclic) bond motifs is 1. The van der Waals surface area contributed by atoms with Crippen LogP contribution < -0.4 is 10.6 Å². The monoisotopic (exact) mass is 446 g/mol. The topological polar surface area (TPSA) is 78.5 Å². The van der Waals surface area contributed by atoms with E-state index in [4.69, 9.17) is 0 Å². The number of halogens is 3. The predicted octanol–water partition coefficient (Wildman–Crippen LogP) is 4.65. The maximum absolute atomic E-state index is 12.9. The number of nitrogens with zero attached hydrogens (tertiary/aromatic N) is 3. The number of rotatable bonds is 7. The smallest absolute Gasteiger partial charge is 0.358 e. The molecule has 1 atom stereocenters. The average Bonchev–Trinajstić information content (AvgIpc) is 3.37. The van der Waals surface area contributed by atoms with E-state index in [2.05, 4.69) is 31.0 Å². The lowest BCUT2D eigenvalue weighted by Crippen LogP contribution is -2.34. The Morgan fingerprint density at radius 1 is 1.13 bits per heavy atom. The highest BCUT2D eigenvalue weighted by atomic mass is 32.1. The molecule has 0 bridgehead atoms. The molecule has 0 radical (unpaired) electrons. The Kier molecular flexibility index (Phi) is 5.92. The van der Waals surface area contributed by atoms with Gasteiger partial charge in [-0.15, -0.1) is 10.2 Å². The van der Waals surface area contributed by atoms with E-state index in [-0.39, 0.29) is 6.04 Å². The number of likely N-dealkylation sites (N-methyl/N-ethyl adjacent to an activating group) is 1. The minimum absolute atomic E-state index is 0.0687. The van der Waals surface area contributed by atoms with Crippen molar-refractivity contribution < 1.29 is 13.2 Å². The second-order valence-electron chi connectivity index (χ2n) is 7.25. The summed E-state index contributed by atoms with van der Waals surface area (Å²) in [5, 5.41) is 24.5. The molecule has 2 aromatic carbocycles. The molecule has 0 amide bonds. The Morgan fingerprint density at radius 3 is 2.74 bits per heavy atom. The standard InChI is InChI=1S/C21H21F3N6S/c1-12-17-10-14(6-7-18(17)28-27-12)19-29-30-20(31-19)26-11-16(25-2)9-13-4-3-5-15(8-13)21(22,23)24/h3-8,10,16,25H,9,11H2,1-2H3,(H,26,30)(H,27,28). The van der Waals surface area contributed by atoms with Crippen molar-refractivity contribution in [2.45, 2.75) is 25.6 Å². The minimum atomic E-state index is -4.34. The molecule has 0 saturated heterocycles. The molecule has 0 aliphatic heterocycles. The summed E-state index contributed by atoms with van der Waals surface area (Å²) in [5.41, 5.74) is 2.84. The normalized spacial score (nSPS) is 12.9. The van der Waals surface area contributed by atoms with E-state index in [1.54, 1.807) is 13.1 Å². The van der Waals surface area contributed by atoms with Crippen LogP contribution in [0.2, 0.25) is 0 Å². The van der Waals surface area contributed by atoms with Gasteiger partial charge in [0.1, 0.15) is 5.01 Å². The van der Waals surface area contributed by atoms with Crippen molar-refractivity contribution in [2.24, 2.45) is 0 Å². The molecule has 4 aromatic rings. The van der Waals surface area contributed by atoms with Gasteiger partial charge in [0.05, 0.1) is 16.8 Å². The highest BCUT2D eigenvalue weighted by Gasteiger charge is 2.30. The van der Waals surface area contributed by atoms with Gasteiger partial charge in [-0.2, -0.15) is 18.3 Å². The van der Waals surface area contributed by atoms with E-state index >= 15 is 0 Å². The number of hydrogen-bond donors (Lipinski definition) is 3. The summed E-state index contributed by atoms with van der Waals surface area (Å²) < 4.78 is 38.8. The Morgan fingerprint density at radius 2 is 1.97 bits per heavy atom. The van der Waals surface area contributed by atoms with Crippen LogP contribution >= 0.6 is 11.3 Å². The van der Waals surface area contributed by atoms with Crippen LogP contribution in [0.25, 0.3) is 21.5 Å². The van der Waals surface area contributed by atoms with Gasteiger partial charge in [0.15, 0.2) is 0 Å². The van der Waals surface area contributed by atoms with E-state index < -0.39 is 11.7 Å². The van der Waals surface area contributed by atoms with Crippen molar-refractivity contribution in [3.63, 3.8) is 0 Å². The first-order chi connectivity index (χ1) is 14.8. The third kappa shape index (κ3) is 4.86. The summed E-state index contributed by atoms with van der Waals surface area (Å²) in [6.07, 6.45) is -3.89. The second kappa shape index (κ2) is 8.64. The molecular formula is C21H21F3N6S. The highest BCUT2D eigenvalue weighted by molar-refractivity contribution is 7.18. The lowest BCUT2D eigenvalue weighted by molar-refractivity contribution is -0.137. The van der Waals surface area contributed by atoms with Crippen LogP contribution in [0.5, 0.6) is 0 Å². The first kappa shape index (κ1) is 21.3. The molecule has 0 saturated carbocycles. The predicted molar refractivity (Wildman–Crippen MR) is 116 cm³/mol. The lowest BCUT2D eigenvalue weighted by Gasteiger charge is -2.17. The number of aromatic amines is 1. The van der Waals surface area contributed by atoms with Gasteiger partial charge in [0.25, 0.3) is 0 Å². The van der Waals surface area contributed by atoms with Crippen LogP contribution in [0.15, 0.2) is 42.5 Å². The summed E-state index contributed by atoms with van der Waals surface area (Å²) in [6, 6.07) is 11.3. The zero-order valence-corrected chi connectivity index (χ0v) is 17.7. The first-order valence-electron chi connectivity index (χ1n) is 9.69. The summed E-state index contributed by atoms with van der Waals surface area (Å²) >= 11 is 1.43. The highest BCUT2D eigenvalue weighted by Crippen LogP contribution is 2.31. The fourth-order valence-electron chi connectivity index (χ4n) is 3.34. The molecule has 162 valence electrons. The third-order valence-electron chi connectivity index (χ3n) is 5.07. The molecular weight excluding hydrogens is 425 g/mol. The Balaban J connectivity index is 1.41. The van der Waals surface area contributed by atoms with Crippen LogP contribution in [0.4, 0.5) is 18.3 Å². The van der Waals surface area contributed by atoms with Crippen molar-refractivity contribution >= 4 is 27.4 Å². The molecule has 3 N–H and O–H groups in total. The molecule has 0 aliphatic carbocycles. The van der Waals surface area contributed by atoms with E-state index in [1.807, 2.05) is 25.1 Å². The number of H-pyrrole nitrogens is 1. The van der Waals surface area contributed by atoms with E-state index in [0.29, 0.717) is 23.7 Å². The van der Waals surface area contributed by atoms with Crippen LogP contribution in [0, 0.1) is 6.92 Å². The number of alkyl halides is 3. The maximum atomic E-state index is 12.9. The van der Waals surface area contributed by atoms with Gasteiger partial charge in [-0.1, -0.05) is 29.5 Å². The molecule has 31 heavy (non-hydrogen) atoms. The SMILES string of the molecule is CNC(CNc1nnc(-c2ccc3[nH]nc(C)c3c2)s1)Cc1cccc(C(F)(F)F)c1. The van der Waals surface area contributed by atoms with Gasteiger partial charge in [-0.05, 0) is 50.2 Å². The zero-order valence-electron chi connectivity index (χ0n) is 16.9. The van der Waals surface area contributed by atoms with Gasteiger partial charge in [-0.25, -0.2) is 0 Å². The molecule has 6 nitrogen and oxygen atoms in total. The van der Waals surface area contributed by atoms with Crippen LogP contribution in [-0.4, -0.2) is 40.0 Å². The van der Waals surface area contributed by atoms with Gasteiger partial charge < -0.3 is 10.6 Å². The van der Waals surface area contributed by atoms with Crippen LogP contribution in [-0.2, 0) is 12.6 Å². The molecule has 10 heteroatoms. The van der Waals surface area contributed by atoms with Crippen molar-refractivity contribution in [1.29, 1.82) is 0 Å². The Labute approximate surface area is 180 Å². The number of benzene rings is 2. The van der Waals surface area contributed by atoms with Crippen molar-refractivity contribution in [1.82, 2.24) is 25.7 Å². The number of hydrogen-bond acceptors (Lipinski definition) is 6. The van der Waals surface area contributed by atoms with Crippen molar-refractivity contribution in [3.05, 3.63) is 59.3 Å². The Bertz CT molecular complexity index is 1180. The maximum Gasteiger partial charge on any atom is 0.416 e. The zero-order chi connectivity index (χ0) is 22.0. The van der Waals surface area contributed by atoms with Gasteiger partial charge in [-0.3, -0.25) is 5.10 Å². The fourth-order valence-corrected chi connectivity index (χ4v) is 4.08. The fraction of sp³-hybridized carbons (Fsp3) is 0.286. The number of anilines is 1. The molecule has 1 unspecified atom stereocenters. The Hall–Kier alpha value is -2.98. The summed E-state index contributed by atoms with van der Waals surface area (Å²) in [4.78, 5) is 0.